The van der Waals surface area contributed by atoms with Gasteiger partial charge in [0.1, 0.15) is 11.6 Å². The lowest BCUT2D eigenvalue weighted by Gasteiger charge is -2.36. The second-order valence-electron chi connectivity index (χ2n) is 10.1. The Kier molecular flexibility index (Phi) is 10.7. The number of nitrogens with zero attached hydrogens (tertiary/aromatic N) is 1. The Morgan fingerprint density at radius 1 is 1.05 bits per heavy atom. The van der Waals surface area contributed by atoms with E-state index in [1.165, 1.54) is 4.90 Å². The van der Waals surface area contributed by atoms with Gasteiger partial charge in [-0.1, -0.05) is 6.07 Å². The van der Waals surface area contributed by atoms with Gasteiger partial charge in [0.2, 0.25) is 0 Å². The van der Waals surface area contributed by atoms with E-state index in [1.807, 2.05) is 0 Å². The van der Waals surface area contributed by atoms with Gasteiger partial charge in [0.05, 0.1) is 5.56 Å². The van der Waals surface area contributed by atoms with Crippen molar-refractivity contribution in [1.82, 2.24) is 10.2 Å². The number of piperazine rings is 1. The van der Waals surface area contributed by atoms with Crippen LogP contribution in [-0.2, 0) is 31.8 Å². The number of carbonyl (C=O) groups is 2. The lowest BCUT2D eigenvalue weighted by atomic mass is 10.1. The van der Waals surface area contributed by atoms with E-state index >= 15 is 0 Å². The van der Waals surface area contributed by atoms with E-state index in [2.05, 4.69) is 15.4 Å². The van der Waals surface area contributed by atoms with Crippen LogP contribution in [0.5, 0.6) is 0 Å². The van der Waals surface area contributed by atoms with Gasteiger partial charge >= 0.3 is 30.5 Å². The highest BCUT2D eigenvalue weighted by atomic mass is 19.4. The Morgan fingerprint density at radius 3 is 2.23 bits per heavy atom. The minimum atomic E-state index is -5.90. The van der Waals surface area contributed by atoms with E-state index in [4.69, 9.17) is 4.74 Å². The average Bonchev–Trinajstić information content (AvgIpc) is 2.78. The maximum Gasteiger partial charge on any atom is 0.434 e. The first-order valence-electron chi connectivity index (χ1n) is 12.1. The summed E-state index contributed by atoms with van der Waals surface area (Å²) in [5.41, 5.74) is -1.58. The first kappa shape index (κ1) is 33.5. The number of alkyl halides is 9. The number of rotatable bonds is 9. The minimum Gasteiger partial charge on any atom is -0.460 e. The first-order chi connectivity index (χ1) is 18.2. The summed E-state index contributed by atoms with van der Waals surface area (Å²) in [6.07, 6.45) is -20.7. The average molecular weight is 596 g/mol. The van der Waals surface area contributed by atoms with Crippen LogP contribution in [0.2, 0.25) is 0 Å². The SMILES string of the molecule is CC(C)(C)OC(=O)CCCNc1cc(C(F)(F)F)ccc1CN1CCNCC1C(=O)OC(C(F)(F)F)C(F)(F)F. The molecule has 0 aliphatic carbocycles. The van der Waals surface area contributed by atoms with Crippen molar-refractivity contribution < 1.29 is 58.6 Å². The van der Waals surface area contributed by atoms with Gasteiger partial charge in [-0.15, -0.1) is 0 Å². The van der Waals surface area contributed by atoms with Gasteiger partial charge in [-0.2, -0.15) is 39.5 Å². The van der Waals surface area contributed by atoms with Crippen molar-refractivity contribution in [3.63, 3.8) is 0 Å². The number of carbonyl (C=O) groups excluding carboxylic acids is 2. The van der Waals surface area contributed by atoms with Gasteiger partial charge < -0.3 is 20.1 Å². The predicted octanol–water partition coefficient (Wildman–Crippen LogP) is 5.05. The quantitative estimate of drug-likeness (QED) is 0.235. The van der Waals surface area contributed by atoms with Crippen LogP contribution in [-0.4, -0.2) is 73.1 Å². The number of hydrogen-bond donors (Lipinski definition) is 2. The van der Waals surface area contributed by atoms with Gasteiger partial charge in [-0.05, 0) is 44.9 Å². The summed E-state index contributed by atoms with van der Waals surface area (Å²) in [6, 6.07) is 1.07. The van der Waals surface area contributed by atoms with Crippen molar-refractivity contribution in [2.45, 2.75) is 76.4 Å². The summed E-state index contributed by atoms with van der Waals surface area (Å²) >= 11 is 0. The number of anilines is 1. The first-order valence-corrected chi connectivity index (χ1v) is 12.1. The third kappa shape index (κ3) is 10.3. The Balaban J connectivity index is 2.21. The fraction of sp³-hybridized carbons (Fsp3) is 0.667. The van der Waals surface area contributed by atoms with Crippen molar-refractivity contribution in [3.8, 4) is 0 Å². The smallest absolute Gasteiger partial charge is 0.434 e. The molecule has 228 valence electrons. The summed E-state index contributed by atoms with van der Waals surface area (Å²) in [5.74, 6) is -2.30. The lowest BCUT2D eigenvalue weighted by molar-refractivity contribution is -0.314. The molecule has 40 heavy (non-hydrogen) atoms. The van der Waals surface area contributed by atoms with Crippen LogP contribution >= 0.6 is 0 Å². The molecule has 0 radical (unpaired) electrons. The molecule has 1 heterocycles. The summed E-state index contributed by atoms with van der Waals surface area (Å²) in [6.45, 7) is 4.58. The van der Waals surface area contributed by atoms with Crippen LogP contribution in [0.25, 0.3) is 0 Å². The molecular weight excluding hydrogens is 565 g/mol. The normalized spacial score (nSPS) is 17.6. The van der Waals surface area contributed by atoms with Crippen LogP contribution in [0.3, 0.4) is 0 Å². The van der Waals surface area contributed by atoms with Crippen LogP contribution < -0.4 is 10.6 Å². The molecule has 2 N–H and O–H groups in total. The van der Waals surface area contributed by atoms with E-state index in [9.17, 15) is 49.1 Å². The molecule has 0 amide bonds. The Labute approximate surface area is 224 Å². The second-order valence-corrected chi connectivity index (χ2v) is 10.1. The number of hydrogen-bond acceptors (Lipinski definition) is 7. The summed E-state index contributed by atoms with van der Waals surface area (Å²) in [4.78, 5) is 25.5. The molecule has 0 aromatic heterocycles. The highest BCUT2D eigenvalue weighted by Crippen LogP contribution is 2.36. The second kappa shape index (κ2) is 12.8. The van der Waals surface area contributed by atoms with Gasteiger partial charge in [-0.3, -0.25) is 14.5 Å². The summed E-state index contributed by atoms with van der Waals surface area (Å²) in [7, 11) is 0. The Bertz CT molecular complexity index is 1010. The molecule has 0 bridgehead atoms. The van der Waals surface area contributed by atoms with Crippen molar-refractivity contribution in [1.29, 1.82) is 0 Å². The van der Waals surface area contributed by atoms with Gasteiger partial charge in [0, 0.05) is 44.8 Å². The number of ether oxygens (including phenoxy) is 2. The van der Waals surface area contributed by atoms with E-state index in [1.54, 1.807) is 20.8 Å². The monoisotopic (exact) mass is 595 g/mol. The molecule has 16 heteroatoms. The summed E-state index contributed by atoms with van der Waals surface area (Å²) in [5, 5.41) is 5.47. The Hall–Kier alpha value is -2.75. The van der Waals surface area contributed by atoms with Crippen molar-refractivity contribution >= 4 is 17.6 Å². The molecule has 0 saturated carbocycles. The maximum atomic E-state index is 13.3. The molecule has 1 atom stereocenters. The van der Waals surface area contributed by atoms with Crippen molar-refractivity contribution in [2.75, 3.05) is 31.5 Å². The topological polar surface area (TPSA) is 79.9 Å². The third-order valence-electron chi connectivity index (χ3n) is 5.56. The highest BCUT2D eigenvalue weighted by Gasteiger charge is 2.60. The van der Waals surface area contributed by atoms with Crippen LogP contribution in [0, 0.1) is 0 Å². The fourth-order valence-electron chi connectivity index (χ4n) is 3.80. The molecule has 1 fully saturated rings. The van der Waals surface area contributed by atoms with Crippen LogP contribution in [0.15, 0.2) is 18.2 Å². The lowest BCUT2D eigenvalue weighted by Crippen LogP contribution is -2.57. The molecule has 1 aliphatic rings. The number of benzene rings is 1. The van der Waals surface area contributed by atoms with E-state index in [-0.39, 0.29) is 56.8 Å². The maximum absolute atomic E-state index is 13.3. The van der Waals surface area contributed by atoms with Crippen molar-refractivity contribution in [2.24, 2.45) is 0 Å². The van der Waals surface area contributed by atoms with Gasteiger partial charge in [0.15, 0.2) is 0 Å². The molecule has 0 spiro atoms. The molecule has 1 unspecified atom stereocenters. The number of halogens is 9. The number of esters is 2. The predicted molar refractivity (Wildman–Crippen MR) is 124 cm³/mol. The van der Waals surface area contributed by atoms with E-state index < -0.39 is 53.8 Å². The zero-order valence-corrected chi connectivity index (χ0v) is 21.8. The van der Waals surface area contributed by atoms with Crippen LogP contribution in [0.1, 0.15) is 44.7 Å². The largest absolute Gasteiger partial charge is 0.460 e. The summed E-state index contributed by atoms with van der Waals surface area (Å²) < 4.78 is 126. The van der Waals surface area contributed by atoms with E-state index in [0.717, 1.165) is 18.2 Å². The molecule has 7 nitrogen and oxygen atoms in total. The molecule has 2 rings (SSSR count). The van der Waals surface area contributed by atoms with Crippen LogP contribution in [0.4, 0.5) is 45.2 Å². The van der Waals surface area contributed by atoms with Gasteiger partial charge in [0.25, 0.3) is 6.10 Å². The van der Waals surface area contributed by atoms with Crippen molar-refractivity contribution in [3.05, 3.63) is 29.3 Å². The molecule has 1 saturated heterocycles. The standard InChI is InChI=1S/C24H30F9N3O4/c1-21(2,3)40-18(37)5-4-8-35-16-11-15(22(25,26)27)7-6-14(16)13-36-10-9-34-12-17(36)19(38)39-20(23(28,29)30)24(31,32)33/h6-7,11,17,20,34-35H,4-5,8-10,12-13H2,1-3H3. The molecule has 1 aromatic carbocycles. The minimum absolute atomic E-state index is 0.0262. The third-order valence-corrected chi connectivity index (χ3v) is 5.56. The van der Waals surface area contributed by atoms with E-state index in [0.29, 0.717) is 0 Å². The Morgan fingerprint density at radius 2 is 1.68 bits per heavy atom. The zero-order valence-electron chi connectivity index (χ0n) is 21.8. The molecular formula is C24H30F9N3O4. The molecule has 1 aromatic rings. The molecule has 1 aliphatic heterocycles. The highest BCUT2D eigenvalue weighted by molar-refractivity contribution is 5.76. The van der Waals surface area contributed by atoms with Gasteiger partial charge in [-0.25, -0.2) is 0 Å². The number of nitrogens with one attached hydrogen (secondary N) is 2. The fourth-order valence-corrected chi connectivity index (χ4v) is 3.80. The zero-order chi connectivity index (χ0) is 30.5.